The van der Waals surface area contributed by atoms with Gasteiger partial charge < -0.3 is 14.8 Å². The summed E-state index contributed by atoms with van der Waals surface area (Å²) in [5.41, 5.74) is -0.0504. The van der Waals surface area contributed by atoms with Crippen LogP contribution in [-0.4, -0.2) is 35.8 Å². The third-order valence-corrected chi connectivity index (χ3v) is 3.34. The van der Waals surface area contributed by atoms with Gasteiger partial charge in [-0.1, -0.05) is 13.0 Å². The Labute approximate surface area is 151 Å². The molecule has 1 aromatic heterocycles. The Morgan fingerprint density at radius 1 is 1.27 bits per heavy atom. The molecule has 1 atom stereocenters. The Kier molecular flexibility index (Phi) is 7.67. The zero-order valence-corrected chi connectivity index (χ0v) is 15.6. The van der Waals surface area contributed by atoms with E-state index in [9.17, 15) is 18.4 Å². The van der Waals surface area contributed by atoms with Gasteiger partial charge in [0.25, 0.3) is 6.08 Å². The first-order valence-electron chi connectivity index (χ1n) is 8.14. The number of alkyl carbamates (subject to hydrolysis) is 1. The number of amides is 1. The van der Waals surface area contributed by atoms with Crippen LogP contribution in [0.15, 0.2) is 24.4 Å². The highest BCUT2D eigenvalue weighted by Crippen LogP contribution is 2.23. The minimum Gasteiger partial charge on any atom is -0.467 e. The Morgan fingerprint density at radius 3 is 2.35 bits per heavy atom. The smallest absolute Gasteiger partial charge is 0.408 e. The normalized spacial score (nSPS) is 12.1. The van der Waals surface area contributed by atoms with Crippen LogP contribution < -0.4 is 5.32 Å². The first kappa shape index (κ1) is 21.5. The second-order valence-corrected chi connectivity index (χ2v) is 6.56. The molecule has 26 heavy (non-hydrogen) atoms. The molecule has 0 saturated heterocycles. The molecular formula is C18H24F2N2O4. The number of carbonyl (C=O) groups is 2. The van der Waals surface area contributed by atoms with E-state index in [0.717, 1.165) is 0 Å². The fourth-order valence-electron chi connectivity index (χ4n) is 2.17. The standard InChI is InChI=1S/C18H24F2N2O4/c1-6-13(15(19)20)11-7-8-12(21-10-11)9-14(16(23)25-5)22-17(24)26-18(2,3)4/h7-8,10,14H,6,9H2,1-5H3,(H,22,24)/t14-/m0/s1. The van der Waals surface area contributed by atoms with Crippen molar-refractivity contribution in [1.82, 2.24) is 10.3 Å². The molecule has 0 saturated carbocycles. The summed E-state index contributed by atoms with van der Waals surface area (Å²) in [5, 5.41) is 2.43. The Balaban J connectivity index is 2.90. The molecule has 1 heterocycles. The molecule has 1 aromatic rings. The predicted octanol–water partition coefficient (Wildman–Crippen LogP) is 3.71. The van der Waals surface area contributed by atoms with Crippen molar-refractivity contribution in [2.24, 2.45) is 0 Å². The van der Waals surface area contributed by atoms with Crippen LogP contribution in [-0.2, 0) is 20.7 Å². The quantitative estimate of drug-likeness (QED) is 0.773. The van der Waals surface area contributed by atoms with E-state index >= 15 is 0 Å². The molecule has 1 amide bonds. The molecule has 0 unspecified atom stereocenters. The van der Waals surface area contributed by atoms with Crippen LogP contribution in [0.25, 0.3) is 5.57 Å². The van der Waals surface area contributed by atoms with Gasteiger partial charge in [0, 0.05) is 29.4 Å². The molecule has 144 valence electrons. The number of allylic oxidation sites excluding steroid dienone is 1. The summed E-state index contributed by atoms with van der Waals surface area (Å²) < 4.78 is 35.5. The summed E-state index contributed by atoms with van der Waals surface area (Å²) in [6, 6.07) is 2.02. The number of rotatable bonds is 6. The Hall–Kier alpha value is -2.51. The number of aromatic nitrogens is 1. The minimum absolute atomic E-state index is 0.0372. The highest BCUT2D eigenvalue weighted by Gasteiger charge is 2.25. The van der Waals surface area contributed by atoms with Crippen LogP contribution >= 0.6 is 0 Å². The van der Waals surface area contributed by atoms with Crippen molar-refractivity contribution in [3.63, 3.8) is 0 Å². The molecule has 6 nitrogen and oxygen atoms in total. The van der Waals surface area contributed by atoms with Gasteiger partial charge >= 0.3 is 12.1 Å². The highest BCUT2D eigenvalue weighted by atomic mass is 19.3. The molecule has 0 bridgehead atoms. The number of hydrogen-bond acceptors (Lipinski definition) is 5. The van der Waals surface area contributed by atoms with E-state index in [-0.39, 0.29) is 18.4 Å². The van der Waals surface area contributed by atoms with Crippen LogP contribution in [0.1, 0.15) is 45.4 Å². The summed E-state index contributed by atoms with van der Waals surface area (Å²) in [6.07, 6.45) is -0.986. The van der Waals surface area contributed by atoms with Crippen LogP contribution in [0, 0.1) is 0 Å². The second-order valence-electron chi connectivity index (χ2n) is 6.56. The lowest BCUT2D eigenvalue weighted by Gasteiger charge is -2.22. The molecule has 0 aliphatic carbocycles. The molecule has 8 heteroatoms. The summed E-state index contributed by atoms with van der Waals surface area (Å²) in [7, 11) is 1.20. The number of methoxy groups -OCH3 is 1. The van der Waals surface area contributed by atoms with Gasteiger partial charge in [-0.3, -0.25) is 4.98 Å². The maximum absolute atomic E-state index is 12.9. The maximum atomic E-state index is 12.9. The molecule has 0 fully saturated rings. The van der Waals surface area contributed by atoms with E-state index in [4.69, 9.17) is 4.74 Å². The van der Waals surface area contributed by atoms with Gasteiger partial charge in [0.05, 0.1) is 7.11 Å². The van der Waals surface area contributed by atoms with Crippen LogP contribution in [0.3, 0.4) is 0 Å². The number of esters is 1. The van der Waals surface area contributed by atoms with E-state index in [1.165, 1.54) is 25.4 Å². The fraction of sp³-hybridized carbons (Fsp3) is 0.500. The van der Waals surface area contributed by atoms with E-state index in [1.54, 1.807) is 27.7 Å². The van der Waals surface area contributed by atoms with Crippen molar-refractivity contribution < 1.29 is 27.8 Å². The van der Waals surface area contributed by atoms with Crippen molar-refractivity contribution in [3.8, 4) is 0 Å². The third-order valence-electron chi connectivity index (χ3n) is 3.34. The van der Waals surface area contributed by atoms with E-state index in [0.29, 0.717) is 11.3 Å². The molecule has 0 aliphatic rings. The monoisotopic (exact) mass is 370 g/mol. The maximum Gasteiger partial charge on any atom is 0.408 e. The lowest BCUT2D eigenvalue weighted by atomic mass is 10.1. The molecule has 0 aromatic carbocycles. The Morgan fingerprint density at radius 2 is 1.92 bits per heavy atom. The molecule has 0 aliphatic heterocycles. The Bertz CT molecular complexity index is 663. The average molecular weight is 370 g/mol. The van der Waals surface area contributed by atoms with Gasteiger partial charge in [-0.25, -0.2) is 9.59 Å². The van der Waals surface area contributed by atoms with Crippen LogP contribution in [0.5, 0.6) is 0 Å². The first-order valence-corrected chi connectivity index (χ1v) is 8.14. The number of pyridine rings is 1. The summed E-state index contributed by atoms with van der Waals surface area (Å²) >= 11 is 0. The fourth-order valence-corrected chi connectivity index (χ4v) is 2.17. The van der Waals surface area contributed by atoms with Gasteiger partial charge in [0.15, 0.2) is 0 Å². The molecule has 0 spiro atoms. The van der Waals surface area contributed by atoms with Crippen LogP contribution in [0.4, 0.5) is 13.6 Å². The van der Waals surface area contributed by atoms with Gasteiger partial charge in [-0.2, -0.15) is 8.78 Å². The SMILES string of the molecule is CCC(=C(F)F)c1ccc(C[C@H](NC(=O)OC(C)(C)C)C(=O)OC)nc1. The largest absolute Gasteiger partial charge is 0.467 e. The lowest BCUT2D eigenvalue weighted by Crippen LogP contribution is -2.45. The van der Waals surface area contributed by atoms with Crippen molar-refractivity contribution in [2.75, 3.05) is 7.11 Å². The molecular weight excluding hydrogens is 346 g/mol. The van der Waals surface area contributed by atoms with Gasteiger partial charge in [0.1, 0.15) is 11.6 Å². The predicted molar refractivity (Wildman–Crippen MR) is 92.5 cm³/mol. The number of halogens is 2. The van der Waals surface area contributed by atoms with E-state index in [1.807, 2.05) is 0 Å². The van der Waals surface area contributed by atoms with Gasteiger partial charge in [-0.15, -0.1) is 0 Å². The molecule has 1 rings (SSSR count). The van der Waals surface area contributed by atoms with Crippen molar-refractivity contribution >= 4 is 17.6 Å². The minimum atomic E-state index is -1.75. The summed E-state index contributed by atoms with van der Waals surface area (Å²) in [5.74, 6) is -0.661. The highest BCUT2D eigenvalue weighted by molar-refractivity contribution is 5.81. The van der Waals surface area contributed by atoms with Gasteiger partial charge in [-0.05, 0) is 33.3 Å². The number of carbonyl (C=O) groups excluding carboxylic acids is 2. The zero-order chi connectivity index (χ0) is 19.9. The summed E-state index contributed by atoms with van der Waals surface area (Å²) in [4.78, 5) is 27.9. The van der Waals surface area contributed by atoms with Crippen molar-refractivity contribution in [2.45, 2.75) is 52.2 Å². The number of hydrogen-bond donors (Lipinski definition) is 1. The topological polar surface area (TPSA) is 77.5 Å². The zero-order valence-electron chi connectivity index (χ0n) is 15.6. The average Bonchev–Trinajstić information content (AvgIpc) is 2.53. The lowest BCUT2D eigenvalue weighted by molar-refractivity contribution is -0.143. The number of nitrogens with one attached hydrogen (secondary N) is 1. The third kappa shape index (κ3) is 6.78. The van der Waals surface area contributed by atoms with Gasteiger partial charge in [0.2, 0.25) is 0 Å². The van der Waals surface area contributed by atoms with E-state index in [2.05, 4.69) is 15.0 Å². The van der Waals surface area contributed by atoms with Crippen molar-refractivity contribution in [3.05, 3.63) is 35.7 Å². The number of nitrogens with zero attached hydrogens (tertiary/aromatic N) is 1. The molecule has 0 radical (unpaired) electrons. The first-order chi connectivity index (χ1) is 12.1. The van der Waals surface area contributed by atoms with Crippen LogP contribution in [0.2, 0.25) is 0 Å². The molecule has 1 N–H and O–H groups in total. The number of ether oxygens (including phenoxy) is 2. The van der Waals surface area contributed by atoms with Crippen molar-refractivity contribution in [1.29, 1.82) is 0 Å². The summed E-state index contributed by atoms with van der Waals surface area (Å²) in [6.45, 7) is 6.72. The second kappa shape index (κ2) is 9.26. The van der Waals surface area contributed by atoms with E-state index < -0.39 is 29.8 Å².